The summed E-state index contributed by atoms with van der Waals surface area (Å²) < 4.78 is 0. The Kier molecular flexibility index (Phi) is 4.86. The second-order valence-electron chi connectivity index (χ2n) is 2.44. The molecule has 0 saturated carbocycles. The zero-order valence-electron chi connectivity index (χ0n) is 6.69. The van der Waals surface area contributed by atoms with Crippen LogP contribution < -0.4 is 5.32 Å². The van der Waals surface area contributed by atoms with E-state index in [1.54, 1.807) is 6.92 Å². The first kappa shape index (κ1) is 10.4. The van der Waals surface area contributed by atoms with E-state index in [4.69, 9.17) is 11.6 Å². The van der Waals surface area contributed by atoms with E-state index in [2.05, 4.69) is 5.32 Å². The number of hydrogen-bond donors (Lipinski definition) is 1. The minimum atomic E-state index is -0.184. The lowest BCUT2D eigenvalue weighted by atomic mass is 10.1. The van der Waals surface area contributed by atoms with E-state index < -0.39 is 0 Å². The van der Waals surface area contributed by atoms with Gasteiger partial charge >= 0.3 is 0 Å². The molecule has 0 bridgehead atoms. The van der Waals surface area contributed by atoms with Gasteiger partial charge in [-0.05, 0) is 0 Å². The van der Waals surface area contributed by atoms with Crippen LogP contribution in [0, 0.1) is 5.92 Å². The number of hydrogen-bond acceptors (Lipinski definition) is 2. The fourth-order valence-electron chi connectivity index (χ4n) is 0.542. The fraction of sp³-hybridized carbons (Fsp3) is 0.714. The van der Waals surface area contributed by atoms with Crippen LogP contribution in [0.15, 0.2) is 0 Å². The number of carbonyl (C=O) groups is 2. The van der Waals surface area contributed by atoms with Crippen LogP contribution in [-0.2, 0) is 9.59 Å². The minimum Gasteiger partial charge on any atom is -0.356 e. The number of alkyl halides is 1. The molecule has 0 aromatic carbocycles. The van der Waals surface area contributed by atoms with E-state index in [9.17, 15) is 9.59 Å². The standard InChI is InChI=1S/C7H12ClNO2/c1-5(7(11)3-8)4-9-6(2)10/h5H,3-4H2,1-2H3,(H,9,10). The number of ketones is 1. The van der Waals surface area contributed by atoms with Crippen LogP contribution in [0.5, 0.6) is 0 Å². The van der Waals surface area contributed by atoms with Gasteiger partial charge in [0.1, 0.15) is 0 Å². The summed E-state index contributed by atoms with van der Waals surface area (Å²) in [4.78, 5) is 21.2. The van der Waals surface area contributed by atoms with E-state index in [-0.39, 0.29) is 23.5 Å². The largest absolute Gasteiger partial charge is 0.356 e. The Morgan fingerprint density at radius 2 is 2.09 bits per heavy atom. The van der Waals surface area contributed by atoms with E-state index in [1.807, 2.05) is 0 Å². The Morgan fingerprint density at radius 3 is 2.45 bits per heavy atom. The third-order valence-electron chi connectivity index (χ3n) is 1.34. The van der Waals surface area contributed by atoms with Crippen molar-refractivity contribution in [2.75, 3.05) is 12.4 Å². The van der Waals surface area contributed by atoms with Crippen LogP contribution in [0.25, 0.3) is 0 Å². The van der Waals surface area contributed by atoms with Crippen LogP contribution in [0.1, 0.15) is 13.8 Å². The molecule has 1 unspecified atom stereocenters. The molecular weight excluding hydrogens is 166 g/mol. The molecule has 64 valence electrons. The van der Waals surface area contributed by atoms with E-state index in [0.29, 0.717) is 6.54 Å². The SMILES string of the molecule is CC(=O)NCC(C)C(=O)CCl. The lowest BCUT2D eigenvalue weighted by Gasteiger charge is -2.07. The fourth-order valence-corrected chi connectivity index (χ4v) is 0.806. The van der Waals surface area contributed by atoms with Gasteiger partial charge in [-0.1, -0.05) is 6.92 Å². The highest BCUT2D eigenvalue weighted by Gasteiger charge is 2.10. The number of amides is 1. The molecule has 0 aliphatic rings. The van der Waals surface area contributed by atoms with Crippen molar-refractivity contribution in [1.82, 2.24) is 5.32 Å². The summed E-state index contributed by atoms with van der Waals surface area (Å²) in [5, 5.41) is 2.54. The van der Waals surface area contributed by atoms with Crippen molar-refractivity contribution >= 4 is 23.3 Å². The summed E-state index contributed by atoms with van der Waals surface area (Å²) in [5.74, 6) is -0.336. The highest BCUT2D eigenvalue weighted by Crippen LogP contribution is 1.96. The van der Waals surface area contributed by atoms with E-state index in [1.165, 1.54) is 6.92 Å². The van der Waals surface area contributed by atoms with Crippen LogP contribution in [-0.4, -0.2) is 24.1 Å². The van der Waals surface area contributed by atoms with Gasteiger partial charge in [0.15, 0.2) is 5.78 Å². The molecule has 0 radical (unpaired) electrons. The zero-order valence-corrected chi connectivity index (χ0v) is 7.44. The summed E-state index contributed by atoms with van der Waals surface area (Å²) >= 11 is 5.30. The first-order valence-electron chi connectivity index (χ1n) is 3.41. The molecule has 3 nitrogen and oxygen atoms in total. The minimum absolute atomic E-state index is 0.0146. The van der Waals surface area contributed by atoms with Crippen molar-refractivity contribution in [3.8, 4) is 0 Å². The average Bonchev–Trinajstić information content (AvgIpc) is 1.98. The molecule has 0 spiro atoms. The highest BCUT2D eigenvalue weighted by atomic mass is 35.5. The van der Waals surface area contributed by atoms with Crippen molar-refractivity contribution in [1.29, 1.82) is 0 Å². The normalized spacial score (nSPS) is 12.3. The Labute approximate surface area is 71.1 Å². The third-order valence-corrected chi connectivity index (χ3v) is 1.60. The maximum atomic E-state index is 10.8. The maximum Gasteiger partial charge on any atom is 0.216 e. The van der Waals surface area contributed by atoms with Gasteiger partial charge in [-0.15, -0.1) is 11.6 Å². The number of halogens is 1. The molecule has 1 N–H and O–H groups in total. The molecule has 0 fully saturated rings. The molecule has 0 aromatic rings. The Morgan fingerprint density at radius 1 is 1.55 bits per heavy atom. The molecule has 0 aliphatic carbocycles. The van der Waals surface area contributed by atoms with Gasteiger partial charge in [-0.3, -0.25) is 9.59 Å². The number of rotatable bonds is 4. The summed E-state index contributed by atoms with van der Waals surface area (Å²) in [6.45, 7) is 3.53. The first-order chi connectivity index (χ1) is 5.07. The van der Waals surface area contributed by atoms with Crippen LogP contribution in [0.3, 0.4) is 0 Å². The van der Waals surface area contributed by atoms with Crippen molar-refractivity contribution in [2.45, 2.75) is 13.8 Å². The monoisotopic (exact) mass is 177 g/mol. The average molecular weight is 178 g/mol. The molecule has 0 aromatic heterocycles. The summed E-state index contributed by atoms with van der Waals surface area (Å²) in [6, 6.07) is 0. The van der Waals surface area contributed by atoms with Crippen LogP contribution in [0.4, 0.5) is 0 Å². The molecule has 0 heterocycles. The van der Waals surface area contributed by atoms with E-state index >= 15 is 0 Å². The molecular formula is C7H12ClNO2. The van der Waals surface area contributed by atoms with Gasteiger partial charge in [-0.2, -0.15) is 0 Å². The summed E-state index contributed by atoms with van der Waals surface area (Å²) in [5.41, 5.74) is 0. The lowest BCUT2D eigenvalue weighted by Crippen LogP contribution is -2.30. The quantitative estimate of drug-likeness (QED) is 0.639. The van der Waals surface area contributed by atoms with Crippen molar-refractivity contribution in [3.05, 3.63) is 0 Å². The lowest BCUT2D eigenvalue weighted by molar-refractivity contribution is -0.121. The highest BCUT2D eigenvalue weighted by molar-refractivity contribution is 6.27. The predicted octanol–water partition coefficient (Wildman–Crippen LogP) is 0.566. The Balaban J connectivity index is 3.60. The second kappa shape index (κ2) is 5.13. The molecule has 1 amide bonds. The molecule has 0 rings (SSSR count). The number of Topliss-reactive ketones (excluding diaryl/α,β-unsaturated/α-hetero) is 1. The van der Waals surface area contributed by atoms with Crippen molar-refractivity contribution in [3.63, 3.8) is 0 Å². The van der Waals surface area contributed by atoms with Crippen molar-refractivity contribution in [2.24, 2.45) is 5.92 Å². The molecule has 4 heteroatoms. The number of carbonyl (C=O) groups excluding carboxylic acids is 2. The molecule has 11 heavy (non-hydrogen) atoms. The molecule has 1 atom stereocenters. The molecule has 0 saturated heterocycles. The second-order valence-corrected chi connectivity index (χ2v) is 2.71. The zero-order chi connectivity index (χ0) is 8.85. The predicted molar refractivity (Wildman–Crippen MR) is 43.6 cm³/mol. The van der Waals surface area contributed by atoms with Gasteiger partial charge in [-0.25, -0.2) is 0 Å². The van der Waals surface area contributed by atoms with Gasteiger partial charge in [0.05, 0.1) is 5.88 Å². The van der Waals surface area contributed by atoms with Gasteiger partial charge in [0.25, 0.3) is 0 Å². The summed E-state index contributed by atoms with van der Waals surface area (Å²) in [6.07, 6.45) is 0. The number of nitrogens with one attached hydrogen (secondary N) is 1. The van der Waals surface area contributed by atoms with Crippen LogP contribution in [0.2, 0.25) is 0 Å². The first-order valence-corrected chi connectivity index (χ1v) is 3.94. The topological polar surface area (TPSA) is 46.2 Å². The third kappa shape index (κ3) is 4.79. The summed E-state index contributed by atoms with van der Waals surface area (Å²) in [7, 11) is 0. The van der Waals surface area contributed by atoms with Crippen molar-refractivity contribution < 1.29 is 9.59 Å². The Hall–Kier alpha value is -0.570. The van der Waals surface area contributed by atoms with Gasteiger partial charge in [0.2, 0.25) is 5.91 Å². The Bertz CT molecular complexity index is 159. The van der Waals surface area contributed by atoms with Gasteiger partial charge < -0.3 is 5.32 Å². The maximum absolute atomic E-state index is 10.8. The van der Waals surface area contributed by atoms with Gasteiger partial charge in [0, 0.05) is 19.4 Å². The van der Waals surface area contributed by atoms with E-state index in [0.717, 1.165) is 0 Å². The van der Waals surface area contributed by atoms with Crippen LogP contribution >= 0.6 is 11.6 Å². The smallest absolute Gasteiger partial charge is 0.216 e. The molecule has 0 aliphatic heterocycles.